The number of esters is 2. The Balaban J connectivity index is 1.83. The molecule has 4 N–H and O–H groups in total. The van der Waals surface area contributed by atoms with Crippen LogP contribution in [0.15, 0.2) is 60.3 Å². The van der Waals surface area contributed by atoms with Crippen molar-refractivity contribution in [3.05, 3.63) is 93.7 Å². The molecule has 2 heterocycles. The van der Waals surface area contributed by atoms with Crippen LogP contribution in [-0.2, 0) is 50.7 Å². The molecule has 0 unspecified atom stereocenters. The summed E-state index contributed by atoms with van der Waals surface area (Å²) in [7, 11) is -13.4. The van der Waals surface area contributed by atoms with E-state index in [9.17, 15) is 63.8 Å². The van der Waals surface area contributed by atoms with E-state index in [2.05, 4.69) is 0 Å². The minimum absolute atomic E-state index is 0.00185. The van der Waals surface area contributed by atoms with Crippen molar-refractivity contribution in [2.24, 2.45) is 0 Å². The maximum Gasteiger partial charge on any atom is 0.338 e. The van der Waals surface area contributed by atoms with Crippen LogP contribution in [0.4, 0.5) is 11.4 Å². The molecule has 63 heavy (non-hydrogen) atoms. The van der Waals surface area contributed by atoms with Gasteiger partial charge in [-0.25, -0.2) is 27.6 Å². The molecule has 0 fully saturated rings. The molecule has 2 aromatic carbocycles. The first-order valence-electron chi connectivity index (χ1n) is 19.6. The molecule has 0 saturated heterocycles. The number of carboxylic acids is 2. The van der Waals surface area contributed by atoms with Gasteiger partial charge in [-0.2, -0.15) is 21.4 Å². The predicted molar refractivity (Wildman–Crippen MR) is 228 cm³/mol. The lowest BCUT2D eigenvalue weighted by atomic mass is 9.78. The number of fused-ring (bicyclic) bond motifs is 2. The average Bonchev–Trinajstić information content (AvgIpc) is 3.51. The standard InChI is InChI=1S/C41H50N2O17S3/c1-6-17-59-38(48)28-22-26(36(44)45)24-30-34(28)40(2,3)32(42(30)15-10-19-61(50,51)52)13-8-7-9-14-33-41(4,5)35-29(39(49)60-18-12-21-63(56,57)58)23-27(37(46)47)25-31(35)43(33)16-11-20-62(53,54)55/h7-9,13-14,22-25H,6,10-12,15-21H2,1-5H3,(H4-,44,45,46,47,50,51,52,53,54,55,56,57,58). The molecule has 2 aliphatic rings. The molecule has 2 aromatic rings. The van der Waals surface area contributed by atoms with Crippen LogP contribution in [0.1, 0.15) is 113 Å². The van der Waals surface area contributed by atoms with Gasteiger partial charge < -0.3 is 29.1 Å². The lowest BCUT2D eigenvalue weighted by Gasteiger charge is -2.27. The molecule has 0 bridgehead atoms. The molecule has 0 saturated carbocycles. The summed E-state index contributed by atoms with van der Waals surface area (Å²) in [4.78, 5) is 53.0. The summed E-state index contributed by atoms with van der Waals surface area (Å²) in [5, 5.41) is 19.9. The quantitative estimate of drug-likeness (QED) is 0.0441. The number of nitrogens with zero attached hydrogens (tertiary/aromatic N) is 2. The first-order chi connectivity index (χ1) is 29.1. The van der Waals surface area contributed by atoms with Crippen molar-refractivity contribution >= 4 is 71.3 Å². The van der Waals surface area contributed by atoms with Crippen LogP contribution in [0.25, 0.3) is 0 Å². The SMILES string of the molecule is CCCOC(=O)c1cc(C(=O)O)cc2c1C(C)(C)C(/C=C/C=C/C=C1/N(CCCS(=O)(=O)O)c3cc(C(=O)O)cc(C(=O)OCCCS(=O)(=O)O)c3C1(C)C)=[N+]2CCCS(=O)(=O)[O-]. The van der Waals surface area contributed by atoms with Gasteiger partial charge in [-0.3, -0.25) is 9.11 Å². The van der Waals surface area contributed by atoms with Gasteiger partial charge in [0, 0.05) is 53.2 Å². The van der Waals surface area contributed by atoms with Crippen molar-refractivity contribution in [1.82, 2.24) is 0 Å². The Hall–Kier alpha value is -5.26. The van der Waals surface area contributed by atoms with Crippen LogP contribution in [0.3, 0.4) is 0 Å². The van der Waals surface area contributed by atoms with Crippen molar-refractivity contribution < 1.29 is 82.4 Å². The second-order valence-corrected chi connectivity index (χ2v) is 20.5. The third-order valence-electron chi connectivity index (χ3n) is 10.4. The van der Waals surface area contributed by atoms with Gasteiger partial charge in [-0.05, 0) is 57.4 Å². The van der Waals surface area contributed by atoms with E-state index in [0.29, 0.717) is 34.6 Å². The minimum Gasteiger partial charge on any atom is -0.748 e. The number of hydrogen-bond donors (Lipinski definition) is 4. The zero-order valence-electron chi connectivity index (χ0n) is 35.2. The van der Waals surface area contributed by atoms with Crippen LogP contribution >= 0.6 is 0 Å². The number of hydrogen-bond acceptors (Lipinski definition) is 14. The molecule has 0 atom stereocenters. The van der Waals surface area contributed by atoms with E-state index in [4.69, 9.17) is 14.0 Å². The number of carbonyl (C=O) groups excluding carboxylic acids is 2. The fourth-order valence-corrected chi connectivity index (χ4v) is 9.21. The van der Waals surface area contributed by atoms with E-state index in [1.807, 2.05) is 0 Å². The molecule has 0 amide bonds. The number of aromatic carboxylic acids is 2. The lowest BCUT2D eigenvalue weighted by Crippen LogP contribution is -2.29. The number of carbonyl (C=O) groups is 4. The number of ether oxygens (including phenoxy) is 2. The highest BCUT2D eigenvalue weighted by atomic mass is 32.2. The predicted octanol–water partition coefficient (Wildman–Crippen LogP) is 4.47. The molecule has 0 aliphatic carbocycles. The fourth-order valence-electron chi connectivity index (χ4n) is 7.75. The lowest BCUT2D eigenvalue weighted by molar-refractivity contribution is -0.437. The van der Waals surface area contributed by atoms with Crippen LogP contribution in [0.5, 0.6) is 0 Å². The topological polar surface area (TPSA) is 299 Å². The van der Waals surface area contributed by atoms with Gasteiger partial charge in [-0.1, -0.05) is 39.0 Å². The second-order valence-electron chi connectivity index (χ2n) is 15.8. The second kappa shape index (κ2) is 19.6. The average molecular weight is 939 g/mol. The monoisotopic (exact) mass is 938 g/mol. The largest absolute Gasteiger partial charge is 0.748 e. The van der Waals surface area contributed by atoms with Gasteiger partial charge in [0.05, 0.1) is 68.1 Å². The minimum atomic E-state index is -4.62. The number of benzene rings is 2. The van der Waals surface area contributed by atoms with Crippen molar-refractivity contribution in [2.75, 3.05) is 48.5 Å². The van der Waals surface area contributed by atoms with Gasteiger partial charge in [0.1, 0.15) is 6.54 Å². The van der Waals surface area contributed by atoms with Gasteiger partial charge in [0.25, 0.3) is 20.2 Å². The summed E-state index contributed by atoms with van der Waals surface area (Å²) in [6.07, 6.45) is 8.09. The van der Waals surface area contributed by atoms with Crippen LogP contribution in [0.2, 0.25) is 0 Å². The summed E-state index contributed by atoms with van der Waals surface area (Å²) in [5.41, 5.74) is -0.608. The van der Waals surface area contributed by atoms with E-state index >= 15 is 0 Å². The number of carboxylic acid groups (broad SMARTS) is 2. The van der Waals surface area contributed by atoms with E-state index < -0.39 is 88.9 Å². The van der Waals surface area contributed by atoms with Crippen molar-refractivity contribution in [3.8, 4) is 0 Å². The Bertz CT molecular complexity index is 2640. The number of rotatable bonds is 21. The van der Waals surface area contributed by atoms with Gasteiger partial charge in [0.15, 0.2) is 5.71 Å². The highest BCUT2D eigenvalue weighted by molar-refractivity contribution is 7.86. The molecule has 0 aromatic heterocycles. The van der Waals surface area contributed by atoms with E-state index in [0.717, 1.165) is 6.07 Å². The van der Waals surface area contributed by atoms with Crippen LogP contribution in [-0.4, -0.2) is 127 Å². The van der Waals surface area contributed by atoms with Gasteiger partial charge in [0.2, 0.25) is 5.69 Å². The van der Waals surface area contributed by atoms with E-state index in [-0.39, 0.29) is 66.9 Å². The van der Waals surface area contributed by atoms with Gasteiger partial charge in [-0.15, -0.1) is 0 Å². The van der Waals surface area contributed by atoms with Crippen LogP contribution < -0.4 is 4.90 Å². The molecular weight excluding hydrogens is 889 g/mol. The smallest absolute Gasteiger partial charge is 0.338 e. The number of anilines is 1. The summed E-state index contributed by atoms with van der Waals surface area (Å²) in [6, 6.07) is 4.99. The third-order valence-corrected chi connectivity index (χ3v) is 12.8. The van der Waals surface area contributed by atoms with E-state index in [1.54, 1.807) is 74.5 Å². The molecule has 344 valence electrons. The van der Waals surface area contributed by atoms with Crippen molar-refractivity contribution in [2.45, 2.75) is 71.1 Å². The normalized spacial score (nSPS) is 16.5. The molecule has 0 spiro atoms. The Labute approximate surface area is 365 Å². The number of allylic oxidation sites excluding steroid dienone is 6. The van der Waals surface area contributed by atoms with Crippen molar-refractivity contribution in [3.63, 3.8) is 0 Å². The molecular formula is C41H50N2O17S3. The maximum atomic E-state index is 13.5. The molecule has 2 aliphatic heterocycles. The Morgan fingerprint density at radius 1 is 0.730 bits per heavy atom. The molecule has 4 rings (SSSR count). The fraction of sp³-hybridized carbons (Fsp3) is 0.439. The maximum absolute atomic E-state index is 13.5. The molecule has 22 heteroatoms. The van der Waals surface area contributed by atoms with Crippen LogP contribution in [0, 0.1) is 0 Å². The zero-order valence-corrected chi connectivity index (χ0v) is 37.6. The first kappa shape index (κ1) is 50.4. The first-order valence-corrected chi connectivity index (χ1v) is 24.4. The highest BCUT2D eigenvalue weighted by Crippen LogP contribution is 2.50. The molecule has 19 nitrogen and oxygen atoms in total. The van der Waals surface area contributed by atoms with Crippen molar-refractivity contribution in [1.29, 1.82) is 0 Å². The summed E-state index contributed by atoms with van der Waals surface area (Å²) >= 11 is 0. The summed E-state index contributed by atoms with van der Waals surface area (Å²) < 4.78 is 111. The molecule has 0 radical (unpaired) electrons. The van der Waals surface area contributed by atoms with Gasteiger partial charge >= 0.3 is 23.9 Å². The zero-order chi connectivity index (χ0) is 47.3. The Kier molecular flexibility index (Phi) is 15.7. The summed E-state index contributed by atoms with van der Waals surface area (Å²) in [5.74, 6) is -6.53. The Morgan fingerprint density at radius 3 is 1.84 bits per heavy atom. The Morgan fingerprint density at radius 2 is 1.29 bits per heavy atom. The van der Waals surface area contributed by atoms with E-state index in [1.165, 1.54) is 18.2 Å². The summed E-state index contributed by atoms with van der Waals surface area (Å²) in [6.45, 7) is 8.32. The highest BCUT2D eigenvalue weighted by Gasteiger charge is 2.48. The third kappa shape index (κ3) is 12.5.